The molecule has 2 atom stereocenters. The minimum absolute atomic E-state index is 0.183. The number of aromatic nitrogens is 7. The summed E-state index contributed by atoms with van der Waals surface area (Å²) in [6, 6.07) is 10.9. The van der Waals surface area contributed by atoms with Crippen LogP contribution in [0.25, 0.3) is 28.0 Å². The Morgan fingerprint density at radius 2 is 1.81 bits per heavy atom. The number of ether oxygens (including phenoxy) is 2. The Kier molecular flexibility index (Phi) is 6.96. The predicted octanol–water partition coefficient (Wildman–Crippen LogP) is 3.60. The summed E-state index contributed by atoms with van der Waals surface area (Å²) in [5, 5.41) is 18.7. The molecule has 5 aromatic heterocycles. The van der Waals surface area contributed by atoms with Crippen LogP contribution in [0, 0.1) is 11.3 Å². The first-order chi connectivity index (χ1) is 21.0. The highest BCUT2D eigenvalue weighted by atomic mass is 16.5. The second kappa shape index (κ2) is 11.1. The number of nitriles is 1. The van der Waals surface area contributed by atoms with E-state index in [1.165, 1.54) is 0 Å². The van der Waals surface area contributed by atoms with E-state index in [1.54, 1.807) is 24.0 Å². The molecular formula is C31H32N10O2. The number of nitrogens with zero attached hydrogens (tertiary/aromatic N) is 10. The smallest absolute Gasteiger partial charge is 0.212 e. The SMILES string of the molecule is COc1ccc(CN2C[C@H]3COC[C@@H](C2)N3c2ccc(-c3nc(-c4cnn(C(C)C)c4)cn4ncc(C#N)c34)cn2)cn1. The van der Waals surface area contributed by atoms with Crippen molar-refractivity contribution in [3.63, 3.8) is 0 Å². The molecule has 12 nitrogen and oxygen atoms in total. The Bertz CT molecular complexity index is 1770. The molecule has 2 saturated heterocycles. The molecule has 0 radical (unpaired) electrons. The summed E-state index contributed by atoms with van der Waals surface area (Å²) in [6.07, 6.45) is 10.9. The first-order valence-corrected chi connectivity index (χ1v) is 14.4. The maximum Gasteiger partial charge on any atom is 0.212 e. The van der Waals surface area contributed by atoms with Crippen LogP contribution < -0.4 is 9.64 Å². The number of hydrogen-bond donors (Lipinski definition) is 0. The fourth-order valence-electron chi connectivity index (χ4n) is 6.01. The molecule has 2 fully saturated rings. The third kappa shape index (κ3) is 5.07. The van der Waals surface area contributed by atoms with Gasteiger partial charge in [-0.15, -0.1) is 0 Å². The van der Waals surface area contributed by atoms with Gasteiger partial charge in [-0.1, -0.05) is 6.07 Å². The van der Waals surface area contributed by atoms with E-state index < -0.39 is 0 Å². The van der Waals surface area contributed by atoms with Gasteiger partial charge in [0.2, 0.25) is 5.88 Å². The first kappa shape index (κ1) is 27.0. The van der Waals surface area contributed by atoms with Crippen molar-refractivity contribution in [3.05, 3.63) is 72.6 Å². The lowest BCUT2D eigenvalue weighted by molar-refractivity contribution is 0.0130. The summed E-state index contributed by atoms with van der Waals surface area (Å²) in [5.41, 5.74) is 5.35. The summed E-state index contributed by atoms with van der Waals surface area (Å²) in [7, 11) is 1.63. The van der Waals surface area contributed by atoms with E-state index >= 15 is 0 Å². The highest BCUT2D eigenvalue weighted by molar-refractivity contribution is 5.83. The molecule has 2 aliphatic rings. The maximum absolute atomic E-state index is 9.80. The van der Waals surface area contributed by atoms with Gasteiger partial charge in [-0.2, -0.15) is 15.5 Å². The van der Waals surface area contributed by atoms with Crippen molar-refractivity contribution in [3.8, 4) is 34.5 Å². The van der Waals surface area contributed by atoms with Gasteiger partial charge in [-0.05, 0) is 31.5 Å². The van der Waals surface area contributed by atoms with Crippen LogP contribution in [0.5, 0.6) is 5.88 Å². The molecule has 0 aliphatic carbocycles. The van der Waals surface area contributed by atoms with Crippen LogP contribution in [0.3, 0.4) is 0 Å². The molecule has 0 spiro atoms. The zero-order valence-corrected chi connectivity index (χ0v) is 24.3. The lowest BCUT2D eigenvalue weighted by Gasteiger charge is -2.50. The molecule has 12 heteroatoms. The van der Waals surface area contributed by atoms with Gasteiger partial charge >= 0.3 is 0 Å². The summed E-state index contributed by atoms with van der Waals surface area (Å²) in [6.45, 7) is 8.00. The zero-order valence-electron chi connectivity index (χ0n) is 24.3. The van der Waals surface area contributed by atoms with Crippen LogP contribution in [-0.4, -0.2) is 84.7 Å². The van der Waals surface area contributed by atoms with E-state index in [-0.39, 0.29) is 18.1 Å². The Hall–Kier alpha value is -4.86. The predicted molar refractivity (Wildman–Crippen MR) is 159 cm³/mol. The Morgan fingerprint density at radius 3 is 2.47 bits per heavy atom. The van der Waals surface area contributed by atoms with Crippen LogP contribution in [-0.2, 0) is 11.3 Å². The molecule has 0 saturated carbocycles. The van der Waals surface area contributed by atoms with Crippen molar-refractivity contribution in [1.29, 1.82) is 5.26 Å². The van der Waals surface area contributed by atoms with Gasteiger partial charge in [0.25, 0.3) is 0 Å². The fourth-order valence-corrected chi connectivity index (χ4v) is 6.01. The van der Waals surface area contributed by atoms with Gasteiger partial charge in [-0.3, -0.25) is 9.58 Å². The standard InChI is InChI=1S/C31H32N10O2/c1-20(2)39-14-24(12-35-39)27-17-40-31(23(8-32)11-36-40)30(37-27)22-5-6-28(33-10-22)41-25-15-38(16-26(41)19-43-18-25)13-21-4-7-29(42-3)34-9-21/h4-7,9-12,14,17,20,25-26H,13,15-16,18-19H2,1-3H3/t25-,26+. The normalized spacial score (nSPS) is 18.7. The van der Waals surface area contributed by atoms with E-state index in [2.05, 4.69) is 51.0 Å². The summed E-state index contributed by atoms with van der Waals surface area (Å²) in [5.74, 6) is 1.53. The van der Waals surface area contributed by atoms with Crippen molar-refractivity contribution in [2.24, 2.45) is 0 Å². The number of rotatable bonds is 7. The van der Waals surface area contributed by atoms with Gasteiger partial charge in [0.1, 0.15) is 23.0 Å². The third-order valence-corrected chi connectivity index (χ3v) is 8.09. The molecule has 43 heavy (non-hydrogen) atoms. The van der Waals surface area contributed by atoms with Crippen LogP contribution in [0.2, 0.25) is 0 Å². The van der Waals surface area contributed by atoms with Crippen molar-refractivity contribution in [2.75, 3.05) is 38.3 Å². The quantitative estimate of drug-likeness (QED) is 0.284. The van der Waals surface area contributed by atoms with Gasteiger partial charge in [-0.25, -0.2) is 19.5 Å². The van der Waals surface area contributed by atoms with E-state index in [1.807, 2.05) is 47.7 Å². The largest absolute Gasteiger partial charge is 0.481 e. The number of pyridine rings is 2. The second-order valence-electron chi connectivity index (χ2n) is 11.3. The van der Waals surface area contributed by atoms with Gasteiger partial charge < -0.3 is 14.4 Å². The van der Waals surface area contributed by atoms with Crippen molar-refractivity contribution >= 4 is 11.3 Å². The van der Waals surface area contributed by atoms with Crippen LogP contribution in [0.15, 0.2) is 61.4 Å². The number of methoxy groups -OCH3 is 1. The molecule has 2 aliphatic heterocycles. The molecule has 7 heterocycles. The minimum atomic E-state index is 0.183. The van der Waals surface area contributed by atoms with Crippen LogP contribution in [0.4, 0.5) is 5.82 Å². The van der Waals surface area contributed by atoms with Crippen LogP contribution >= 0.6 is 0 Å². The van der Waals surface area contributed by atoms with E-state index in [9.17, 15) is 5.26 Å². The highest BCUT2D eigenvalue weighted by Crippen LogP contribution is 2.32. The zero-order chi connectivity index (χ0) is 29.5. The Balaban J connectivity index is 1.17. The second-order valence-corrected chi connectivity index (χ2v) is 11.3. The molecule has 0 amide bonds. The van der Waals surface area contributed by atoms with Crippen molar-refractivity contribution < 1.29 is 9.47 Å². The maximum atomic E-state index is 9.80. The minimum Gasteiger partial charge on any atom is -0.481 e. The lowest BCUT2D eigenvalue weighted by Crippen LogP contribution is -2.64. The topological polar surface area (TPSA) is 123 Å². The number of piperazine rings is 1. The highest BCUT2D eigenvalue weighted by Gasteiger charge is 2.39. The summed E-state index contributed by atoms with van der Waals surface area (Å²) < 4.78 is 14.8. The average Bonchev–Trinajstić information content (AvgIpc) is 3.69. The number of morpholine rings is 1. The van der Waals surface area contributed by atoms with E-state index in [0.29, 0.717) is 35.9 Å². The van der Waals surface area contributed by atoms with Crippen molar-refractivity contribution in [2.45, 2.75) is 38.5 Å². The molecule has 0 unspecified atom stereocenters. The molecule has 5 aromatic rings. The molecule has 0 aromatic carbocycles. The number of hydrogen-bond acceptors (Lipinski definition) is 10. The molecule has 218 valence electrons. The fraction of sp³-hybridized carbons (Fsp3) is 0.355. The van der Waals surface area contributed by atoms with Crippen molar-refractivity contribution in [1.82, 2.24) is 39.2 Å². The number of fused-ring (bicyclic) bond motifs is 3. The Labute approximate surface area is 249 Å². The Morgan fingerprint density at radius 1 is 0.977 bits per heavy atom. The molecule has 7 rings (SSSR count). The summed E-state index contributed by atoms with van der Waals surface area (Å²) >= 11 is 0. The van der Waals surface area contributed by atoms with E-state index in [4.69, 9.17) is 19.4 Å². The van der Waals surface area contributed by atoms with Gasteiger partial charge in [0, 0.05) is 61.5 Å². The third-order valence-electron chi connectivity index (χ3n) is 8.09. The van der Waals surface area contributed by atoms with Gasteiger partial charge in [0.05, 0.1) is 62.4 Å². The first-order valence-electron chi connectivity index (χ1n) is 14.4. The molecule has 2 bridgehead atoms. The molecule has 0 N–H and O–H groups in total. The average molecular weight is 577 g/mol. The summed E-state index contributed by atoms with van der Waals surface area (Å²) in [4.78, 5) is 19.1. The molecular weight excluding hydrogens is 544 g/mol. The monoisotopic (exact) mass is 576 g/mol. The number of anilines is 1. The van der Waals surface area contributed by atoms with E-state index in [0.717, 1.165) is 47.8 Å². The van der Waals surface area contributed by atoms with Gasteiger partial charge in [0.15, 0.2) is 0 Å². The lowest BCUT2D eigenvalue weighted by atomic mass is 10.0. The van der Waals surface area contributed by atoms with Crippen LogP contribution in [0.1, 0.15) is 31.0 Å².